The van der Waals surface area contributed by atoms with E-state index in [4.69, 9.17) is 10.5 Å². The van der Waals surface area contributed by atoms with Crippen molar-refractivity contribution in [1.29, 1.82) is 0 Å². The van der Waals surface area contributed by atoms with Crippen molar-refractivity contribution in [3.8, 4) is 5.75 Å². The third kappa shape index (κ3) is 3.99. The van der Waals surface area contributed by atoms with Gasteiger partial charge in [0.2, 0.25) is 10.0 Å². The number of nitrogens with two attached hydrogens (primary N) is 1. The van der Waals surface area contributed by atoms with Crippen molar-refractivity contribution < 1.29 is 13.2 Å². The SMILES string of the molecule is CC1(C)CC(NS(C)(=O)=O)c2cc(N)ccc2O1.Cl. The summed E-state index contributed by atoms with van der Waals surface area (Å²) in [5.41, 5.74) is 6.72. The summed E-state index contributed by atoms with van der Waals surface area (Å²) in [7, 11) is -3.28. The van der Waals surface area contributed by atoms with Gasteiger partial charge in [0.05, 0.1) is 12.3 Å². The van der Waals surface area contributed by atoms with Gasteiger partial charge in [0.25, 0.3) is 0 Å². The maximum atomic E-state index is 11.4. The number of halogens is 1. The number of ether oxygens (including phenoxy) is 1. The Bertz CT molecular complexity index is 572. The van der Waals surface area contributed by atoms with Gasteiger partial charge in [-0.05, 0) is 32.0 Å². The highest BCUT2D eigenvalue weighted by Crippen LogP contribution is 2.40. The van der Waals surface area contributed by atoms with Crippen LogP contribution in [0.2, 0.25) is 0 Å². The van der Waals surface area contributed by atoms with Gasteiger partial charge in [-0.25, -0.2) is 13.1 Å². The second-order valence-electron chi connectivity index (χ2n) is 5.31. The van der Waals surface area contributed by atoms with E-state index in [1.807, 2.05) is 13.8 Å². The van der Waals surface area contributed by atoms with Crippen LogP contribution in [0.5, 0.6) is 5.75 Å². The van der Waals surface area contributed by atoms with Gasteiger partial charge in [0.15, 0.2) is 0 Å². The Morgan fingerprint density at radius 3 is 2.63 bits per heavy atom. The topological polar surface area (TPSA) is 81.4 Å². The molecule has 0 bridgehead atoms. The van der Waals surface area contributed by atoms with Gasteiger partial charge < -0.3 is 10.5 Å². The summed E-state index contributed by atoms with van der Waals surface area (Å²) >= 11 is 0. The molecule has 7 heteroatoms. The second-order valence-corrected chi connectivity index (χ2v) is 7.09. The van der Waals surface area contributed by atoms with E-state index in [2.05, 4.69) is 4.72 Å². The van der Waals surface area contributed by atoms with Crippen LogP contribution in [0, 0.1) is 0 Å². The average Bonchev–Trinajstić information content (AvgIpc) is 2.15. The predicted molar refractivity (Wildman–Crippen MR) is 78.1 cm³/mol. The van der Waals surface area contributed by atoms with Crippen LogP contribution in [-0.2, 0) is 10.0 Å². The van der Waals surface area contributed by atoms with Gasteiger partial charge in [-0.1, -0.05) is 0 Å². The number of sulfonamides is 1. The molecule has 0 spiro atoms. The first-order chi connectivity index (χ1) is 8.16. The fraction of sp³-hybridized carbons (Fsp3) is 0.500. The van der Waals surface area contributed by atoms with Crippen LogP contribution >= 0.6 is 12.4 Å². The molecule has 108 valence electrons. The molecule has 1 heterocycles. The highest BCUT2D eigenvalue weighted by molar-refractivity contribution is 7.88. The van der Waals surface area contributed by atoms with Crippen LogP contribution in [0.15, 0.2) is 18.2 Å². The van der Waals surface area contributed by atoms with Crippen LogP contribution in [0.4, 0.5) is 5.69 Å². The Balaban J connectivity index is 0.00000180. The molecule has 1 aromatic rings. The van der Waals surface area contributed by atoms with E-state index in [1.165, 1.54) is 0 Å². The molecule has 3 N–H and O–H groups in total. The van der Waals surface area contributed by atoms with Crippen LogP contribution in [-0.4, -0.2) is 20.3 Å². The molecule has 0 amide bonds. The van der Waals surface area contributed by atoms with Gasteiger partial charge in [-0.3, -0.25) is 0 Å². The summed E-state index contributed by atoms with van der Waals surface area (Å²) < 4.78 is 31.3. The number of rotatable bonds is 2. The van der Waals surface area contributed by atoms with Crippen LogP contribution < -0.4 is 15.2 Å². The Kier molecular flexibility index (Phi) is 4.39. The molecule has 0 saturated heterocycles. The molecule has 1 atom stereocenters. The maximum Gasteiger partial charge on any atom is 0.209 e. The molecular weight excluding hydrogens is 288 g/mol. The molecule has 5 nitrogen and oxygen atoms in total. The number of fused-ring (bicyclic) bond motifs is 1. The van der Waals surface area contributed by atoms with E-state index in [-0.39, 0.29) is 18.4 Å². The Morgan fingerprint density at radius 2 is 2.05 bits per heavy atom. The lowest BCUT2D eigenvalue weighted by Gasteiger charge is -2.37. The average molecular weight is 307 g/mol. The fourth-order valence-electron chi connectivity index (χ4n) is 2.24. The standard InChI is InChI=1S/C12H18N2O3S.ClH/c1-12(2)7-10(14-18(3,15)16)9-6-8(13)4-5-11(9)17-12;/h4-6,10,14H,7,13H2,1-3H3;1H. The summed E-state index contributed by atoms with van der Waals surface area (Å²) in [5, 5.41) is 0. The van der Waals surface area contributed by atoms with E-state index in [0.717, 1.165) is 11.8 Å². The Morgan fingerprint density at radius 1 is 1.42 bits per heavy atom. The number of nitrogens with one attached hydrogen (secondary N) is 1. The van der Waals surface area contributed by atoms with E-state index < -0.39 is 15.6 Å². The van der Waals surface area contributed by atoms with Gasteiger partial charge in [-0.15, -0.1) is 12.4 Å². The minimum absolute atomic E-state index is 0. The molecule has 0 aromatic heterocycles. The lowest BCUT2D eigenvalue weighted by atomic mass is 9.90. The number of anilines is 1. The molecule has 1 aliphatic rings. The van der Waals surface area contributed by atoms with Gasteiger partial charge in [0.1, 0.15) is 11.4 Å². The maximum absolute atomic E-state index is 11.4. The van der Waals surface area contributed by atoms with Crippen LogP contribution in [0.25, 0.3) is 0 Å². The van der Waals surface area contributed by atoms with Crippen molar-refractivity contribution in [3.05, 3.63) is 23.8 Å². The highest BCUT2D eigenvalue weighted by Gasteiger charge is 2.35. The molecule has 1 unspecified atom stereocenters. The molecule has 0 saturated carbocycles. The fourth-order valence-corrected chi connectivity index (χ4v) is 2.96. The molecule has 0 aliphatic carbocycles. The molecule has 19 heavy (non-hydrogen) atoms. The minimum Gasteiger partial charge on any atom is -0.487 e. The van der Waals surface area contributed by atoms with Crippen molar-refractivity contribution in [2.45, 2.75) is 31.9 Å². The number of hydrogen-bond acceptors (Lipinski definition) is 4. The van der Waals surface area contributed by atoms with Crippen molar-refractivity contribution in [2.24, 2.45) is 0 Å². The first-order valence-corrected chi connectivity index (χ1v) is 7.61. The van der Waals surface area contributed by atoms with Crippen LogP contribution in [0.3, 0.4) is 0 Å². The lowest BCUT2D eigenvalue weighted by molar-refractivity contribution is 0.0703. The third-order valence-corrected chi connectivity index (χ3v) is 3.56. The normalized spacial score (nSPS) is 20.9. The van der Waals surface area contributed by atoms with Crippen molar-refractivity contribution >= 4 is 28.1 Å². The van der Waals surface area contributed by atoms with Gasteiger partial charge >= 0.3 is 0 Å². The largest absolute Gasteiger partial charge is 0.487 e. The summed E-state index contributed by atoms with van der Waals surface area (Å²) in [6.07, 6.45) is 1.72. The number of nitrogen functional groups attached to an aromatic ring is 1. The zero-order valence-electron chi connectivity index (χ0n) is 11.1. The minimum atomic E-state index is -3.28. The molecule has 0 fully saturated rings. The highest BCUT2D eigenvalue weighted by atomic mass is 35.5. The molecule has 0 radical (unpaired) electrons. The summed E-state index contributed by atoms with van der Waals surface area (Å²) in [6.45, 7) is 3.87. The molecular formula is C12H19ClN2O3S. The van der Waals surface area contributed by atoms with Crippen molar-refractivity contribution in [2.75, 3.05) is 12.0 Å². The Hall–Kier alpha value is -0.980. The zero-order valence-corrected chi connectivity index (χ0v) is 12.8. The lowest BCUT2D eigenvalue weighted by Crippen LogP contribution is -2.41. The second kappa shape index (κ2) is 5.19. The summed E-state index contributed by atoms with van der Waals surface area (Å²) in [6, 6.07) is 4.98. The van der Waals surface area contributed by atoms with Crippen LogP contribution in [0.1, 0.15) is 31.9 Å². The van der Waals surface area contributed by atoms with E-state index in [1.54, 1.807) is 18.2 Å². The van der Waals surface area contributed by atoms with E-state index in [0.29, 0.717) is 17.9 Å². The first kappa shape index (κ1) is 16.1. The Labute approximate surface area is 120 Å². The monoisotopic (exact) mass is 306 g/mol. The number of hydrogen-bond donors (Lipinski definition) is 2. The summed E-state index contributed by atoms with van der Waals surface area (Å²) in [4.78, 5) is 0. The van der Waals surface area contributed by atoms with Gasteiger partial charge in [0, 0.05) is 17.7 Å². The quantitative estimate of drug-likeness (QED) is 0.817. The molecule has 1 aromatic carbocycles. The summed E-state index contributed by atoms with van der Waals surface area (Å²) in [5.74, 6) is 0.682. The third-order valence-electron chi connectivity index (χ3n) is 2.85. The molecule has 2 rings (SSSR count). The smallest absolute Gasteiger partial charge is 0.209 e. The number of benzene rings is 1. The van der Waals surface area contributed by atoms with E-state index in [9.17, 15) is 8.42 Å². The van der Waals surface area contributed by atoms with Crippen molar-refractivity contribution in [1.82, 2.24) is 4.72 Å². The predicted octanol–water partition coefficient (Wildman–Crippen LogP) is 1.84. The molecule has 1 aliphatic heterocycles. The zero-order chi connectivity index (χ0) is 13.6. The first-order valence-electron chi connectivity index (χ1n) is 5.72. The van der Waals surface area contributed by atoms with Gasteiger partial charge in [-0.2, -0.15) is 0 Å². The van der Waals surface area contributed by atoms with E-state index >= 15 is 0 Å². The van der Waals surface area contributed by atoms with Crippen molar-refractivity contribution in [3.63, 3.8) is 0 Å².